The molecule has 3 aromatic rings. The van der Waals surface area contributed by atoms with Gasteiger partial charge in [-0.3, -0.25) is 14.8 Å². The Bertz CT molecular complexity index is 1700. The monoisotopic (exact) mass is 670 g/mol. The molecule has 2 amide bonds. The van der Waals surface area contributed by atoms with Gasteiger partial charge in [-0.1, -0.05) is 40.5 Å². The summed E-state index contributed by atoms with van der Waals surface area (Å²) in [5, 5.41) is 2.91. The van der Waals surface area contributed by atoms with Gasteiger partial charge in [0.05, 0.1) is 35.5 Å². The zero-order valence-corrected chi connectivity index (χ0v) is 28.7. The van der Waals surface area contributed by atoms with Crippen LogP contribution in [0.4, 0.5) is 4.79 Å². The Morgan fingerprint density at radius 1 is 1.02 bits per heavy atom. The molecule has 3 fully saturated rings. The number of amides is 2. The molecule has 260 valence electrons. The van der Waals surface area contributed by atoms with Gasteiger partial charge < -0.3 is 29.2 Å². The Labute approximate surface area is 286 Å². The lowest BCUT2D eigenvalue weighted by Gasteiger charge is -2.35. The molecule has 4 aliphatic rings. The Balaban J connectivity index is 1.19. The third kappa shape index (κ3) is 7.05. The van der Waals surface area contributed by atoms with Gasteiger partial charge in [0.1, 0.15) is 42.6 Å². The normalized spacial score (nSPS) is 30.5. The van der Waals surface area contributed by atoms with E-state index in [-0.39, 0.29) is 31.1 Å². The first-order valence-electron chi connectivity index (χ1n) is 17.7. The van der Waals surface area contributed by atoms with Crippen molar-refractivity contribution in [2.45, 2.75) is 104 Å². The second-order valence-electron chi connectivity index (χ2n) is 15.3. The maximum Gasteiger partial charge on any atom is 0.408 e. The van der Waals surface area contributed by atoms with E-state index in [9.17, 15) is 14.4 Å². The zero-order valence-electron chi connectivity index (χ0n) is 28.7. The first-order chi connectivity index (χ1) is 23.6. The smallest absolute Gasteiger partial charge is 0.408 e. The molecule has 2 aliphatic heterocycles. The fourth-order valence-corrected chi connectivity index (χ4v) is 7.98. The zero-order chi connectivity index (χ0) is 34.3. The Kier molecular flexibility index (Phi) is 9.15. The average molecular weight is 671 g/mol. The maximum atomic E-state index is 14.2. The van der Waals surface area contributed by atoms with E-state index in [4.69, 9.17) is 24.2 Å². The molecular weight excluding hydrogens is 624 g/mol. The van der Waals surface area contributed by atoms with E-state index in [1.807, 2.05) is 45.9 Å². The number of fused-ring (bicyclic) bond motifs is 7. The number of nitrogens with one attached hydrogen (secondary N) is 1. The summed E-state index contributed by atoms with van der Waals surface area (Å²) >= 11 is 0. The average Bonchev–Trinajstić information content (AvgIpc) is 3.66. The number of hydrogen-bond acceptors (Lipinski definition) is 10. The number of carbonyl (C=O) groups excluding carboxylic acids is 3. The van der Waals surface area contributed by atoms with Gasteiger partial charge in [0, 0.05) is 24.4 Å². The van der Waals surface area contributed by atoms with Crippen molar-refractivity contribution in [1.29, 1.82) is 0 Å². The lowest BCUT2D eigenvalue weighted by molar-refractivity contribution is -0.139. The molecular formula is C37H46N6O6. The summed E-state index contributed by atoms with van der Waals surface area (Å²) < 4.78 is 18.6. The lowest BCUT2D eigenvalue weighted by Crippen LogP contribution is -2.56. The minimum Gasteiger partial charge on any atom is -0.487 e. The predicted molar refractivity (Wildman–Crippen MR) is 180 cm³/mol. The van der Waals surface area contributed by atoms with Gasteiger partial charge in [-0.25, -0.2) is 14.8 Å². The summed E-state index contributed by atoms with van der Waals surface area (Å²) in [5.41, 5.74) is 2.18. The van der Waals surface area contributed by atoms with Crippen LogP contribution in [0.15, 0.2) is 36.8 Å². The molecule has 2 unspecified atom stereocenters. The highest BCUT2D eigenvalue weighted by Crippen LogP contribution is 2.57. The fraction of sp³-hybridized carbons (Fsp3) is 0.595. The summed E-state index contributed by atoms with van der Waals surface area (Å²) in [4.78, 5) is 59.9. The standard InChI is InChI=1S/C37H46N6O6/c1-21-30(19-44)43-18-32(21)48-34-28(40-27-11-10-24(16-29(27)41-34)47-20-23-17-38-12-13-39-23)9-7-5-6-8-25-26-14-22(26)15-31(25)49-36(46)42-33(35(43)45)37(2,3)4/h10-13,16-17,19,21-22,25-26,30-33H,5-9,14-15,18,20H2,1-4H3,(H,42,46)/t21-,22?,25+,26?,30+,31+,32-,33+/m0/s1. The first-order valence-corrected chi connectivity index (χ1v) is 17.7. The Hall–Kier alpha value is -4.35. The number of alkyl carbamates (subject to hydrolysis) is 1. The largest absolute Gasteiger partial charge is 0.487 e. The number of aromatic nitrogens is 4. The van der Waals surface area contributed by atoms with Crippen LogP contribution in [0.3, 0.4) is 0 Å². The van der Waals surface area contributed by atoms with E-state index in [0.717, 1.165) is 49.6 Å². The van der Waals surface area contributed by atoms with Crippen molar-refractivity contribution in [3.63, 3.8) is 0 Å². The summed E-state index contributed by atoms with van der Waals surface area (Å²) in [7, 11) is 0. The molecule has 2 saturated carbocycles. The molecule has 2 bridgehead atoms. The predicted octanol–water partition coefficient (Wildman–Crippen LogP) is 5.07. The van der Waals surface area contributed by atoms with Crippen molar-refractivity contribution in [3.8, 4) is 11.6 Å². The molecule has 12 heteroatoms. The fourth-order valence-electron chi connectivity index (χ4n) is 7.98. The number of hydrogen-bond donors (Lipinski definition) is 1. The molecule has 0 spiro atoms. The third-order valence-electron chi connectivity index (χ3n) is 10.8. The Morgan fingerprint density at radius 3 is 2.65 bits per heavy atom. The molecule has 2 aromatic heterocycles. The van der Waals surface area contributed by atoms with Gasteiger partial charge in [0.2, 0.25) is 11.8 Å². The quantitative estimate of drug-likeness (QED) is 0.373. The topological polar surface area (TPSA) is 146 Å². The highest BCUT2D eigenvalue weighted by atomic mass is 16.6. The van der Waals surface area contributed by atoms with Crippen molar-refractivity contribution in [1.82, 2.24) is 30.2 Å². The van der Waals surface area contributed by atoms with Crippen molar-refractivity contribution < 1.29 is 28.6 Å². The molecule has 8 atom stereocenters. The van der Waals surface area contributed by atoms with Crippen molar-refractivity contribution in [2.75, 3.05) is 6.54 Å². The van der Waals surface area contributed by atoms with E-state index in [1.54, 1.807) is 23.5 Å². The van der Waals surface area contributed by atoms with Crippen LogP contribution in [-0.4, -0.2) is 74.0 Å². The van der Waals surface area contributed by atoms with E-state index < -0.39 is 29.7 Å². The molecule has 0 radical (unpaired) electrons. The van der Waals surface area contributed by atoms with E-state index in [2.05, 4.69) is 15.3 Å². The summed E-state index contributed by atoms with van der Waals surface area (Å²) in [5.74, 6) is 1.93. The first kappa shape index (κ1) is 33.2. The number of aryl methyl sites for hydroxylation is 1. The van der Waals surface area contributed by atoms with E-state index in [1.165, 1.54) is 6.42 Å². The van der Waals surface area contributed by atoms with Crippen molar-refractivity contribution in [2.24, 2.45) is 29.1 Å². The van der Waals surface area contributed by atoms with E-state index >= 15 is 0 Å². The number of carbonyl (C=O) groups is 3. The molecule has 7 rings (SSSR count). The van der Waals surface area contributed by atoms with Crippen LogP contribution < -0.4 is 14.8 Å². The van der Waals surface area contributed by atoms with Crippen LogP contribution in [0.1, 0.15) is 77.6 Å². The second kappa shape index (κ2) is 13.5. The van der Waals surface area contributed by atoms with Gasteiger partial charge in [0.15, 0.2) is 0 Å². The minimum atomic E-state index is -0.891. The summed E-state index contributed by atoms with van der Waals surface area (Å²) in [6.07, 6.45) is 11.2. The highest BCUT2D eigenvalue weighted by molar-refractivity contribution is 5.89. The maximum absolute atomic E-state index is 14.2. The van der Waals surface area contributed by atoms with Crippen molar-refractivity contribution >= 4 is 29.3 Å². The van der Waals surface area contributed by atoms with Gasteiger partial charge in [-0.05, 0) is 67.4 Å². The number of nitrogens with zero attached hydrogens (tertiary/aromatic N) is 5. The Morgan fingerprint density at radius 2 is 1.88 bits per heavy atom. The number of benzene rings is 1. The van der Waals surface area contributed by atoms with Gasteiger partial charge >= 0.3 is 6.09 Å². The molecule has 1 N–H and O–H groups in total. The molecule has 1 saturated heterocycles. The van der Waals surface area contributed by atoms with E-state index in [0.29, 0.717) is 47.0 Å². The minimum absolute atomic E-state index is 0.141. The van der Waals surface area contributed by atoms with Crippen LogP contribution in [0.25, 0.3) is 11.0 Å². The molecule has 12 nitrogen and oxygen atoms in total. The number of aldehydes is 1. The van der Waals surface area contributed by atoms with Gasteiger partial charge in [-0.2, -0.15) is 0 Å². The molecule has 49 heavy (non-hydrogen) atoms. The molecule has 4 heterocycles. The van der Waals surface area contributed by atoms with Gasteiger partial charge in [0.25, 0.3) is 0 Å². The third-order valence-corrected chi connectivity index (χ3v) is 10.8. The second-order valence-corrected chi connectivity index (χ2v) is 15.3. The summed E-state index contributed by atoms with van der Waals surface area (Å²) in [6.45, 7) is 8.05. The lowest BCUT2D eigenvalue weighted by atomic mass is 9.85. The molecule has 1 aromatic carbocycles. The number of ether oxygens (including phenoxy) is 3. The van der Waals surface area contributed by atoms with Crippen LogP contribution in [0, 0.1) is 29.1 Å². The number of rotatable bonds is 4. The van der Waals surface area contributed by atoms with Crippen molar-refractivity contribution in [3.05, 3.63) is 48.2 Å². The molecule has 2 aliphatic carbocycles. The van der Waals surface area contributed by atoms with Gasteiger partial charge in [-0.15, -0.1) is 0 Å². The van der Waals surface area contributed by atoms with Crippen LogP contribution in [0.5, 0.6) is 11.6 Å². The summed E-state index contributed by atoms with van der Waals surface area (Å²) in [6, 6.07) is 3.98. The van der Waals surface area contributed by atoms with Crippen LogP contribution in [-0.2, 0) is 27.4 Å². The van der Waals surface area contributed by atoms with Crippen LogP contribution in [0.2, 0.25) is 0 Å². The van der Waals surface area contributed by atoms with Crippen LogP contribution >= 0.6 is 0 Å². The SMILES string of the molecule is C[C@@H]1[C@@H]2CN(C(=O)[C@H](C(C)(C)C)NC(=O)O[C@@H]3CC4CC4[C@H]3CCCCCc3nc4ccc(OCc5cnccn5)cc4nc3O2)[C@@H]1C=O. The highest BCUT2D eigenvalue weighted by Gasteiger charge is 2.54.